The maximum absolute atomic E-state index is 12.4. The zero-order valence-electron chi connectivity index (χ0n) is 10.7. The van der Waals surface area contributed by atoms with Crippen LogP contribution in [0.2, 0.25) is 0 Å². The van der Waals surface area contributed by atoms with Crippen LogP contribution in [0.1, 0.15) is 42.7 Å². The third-order valence-corrected chi connectivity index (χ3v) is 4.48. The van der Waals surface area contributed by atoms with E-state index in [1.807, 2.05) is 31.2 Å². The molecule has 2 aliphatic carbocycles. The lowest BCUT2D eigenvalue weighted by Crippen LogP contribution is -2.21. The van der Waals surface area contributed by atoms with Crippen molar-refractivity contribution < 1.29 is 9.59 Å². The van der Waals surface area contributed by atoms with Gasteiger partial charge in [0.25, 0.3) is 0 Å². The highest BCUT2D eigenvalue weighted by atomic mass is 16.2. The number of carbonyl (C=O) groups excluding carboxylic acids is 2. The van der Waals surface area contributed by atoms with E-state index in [-0.39, 0.29) is 23.4 Å². The Labute approximate surface area is 107 Å². The average molecular weight is 242 g/mol. The van der Waals surface area contributed by atoms with E-state index >= 15 is 0 Å². The molecule has 0 heterocycles. The van der Waals surface area contributed by atoms with Crippen LogP contribution in [0.5, 0.6) is 0 Å². The summed E-state index contributed by atoms with van der Waals surface area (Å²) in [5, 5.41) is 0. The van der Waals surface area contributed by atoms with Crippen molar-refractivity contribution in [2.75, 3.05) is 0 Å². The first-order chi connectivity index (χ1) is 8.68. The van der Waals surface area contributed by atoms with Gasteiger partial charge in [0, 0.05) is 11.8 Å². The summed E-state index contributed by atoms with van der Waals surface area (Å²) in [6, 6.07) is 7.84. The molecule has 0 N–H and O–H groups in total. The standard InChI is InChI=1S/C16H18O2/c1-10-6-8-11(9-7-10)14-15(17)12-4-2-3-5-13(12)16(14)18/h6-9,12-14H,2-5H2,1H3. The van der Waals surface area contributed by atoms with Crippen molar-refractivity contribution in [2.24, 2.45) is 11.8 Å². The molecule has 2 unspecified atom stereocenters. The normalized spacial score (nSPS) is 31.5. The minimum atomic E-state index is -0.473. The third kappa shape index (κ3) is 1.71. The minimum absolute atomic E-state index is 0.0116. The first-order valence-electron chi connectivity index (χ1n) is 6.82. The van der Waals surface area contributed by atoms with E-state index in [1.165, 1.54) is 0 Å². The van der Waals surface area contributed by atoms with Crippen LogP contribution in [-0.4, -0.2) is 11.6 Å². The van der Waals surface area contributed by atoms with E-state index in [0.717, 1.165) is 36.8 Å². The molecular weight excluding hydrogens is 224 g/mol. The Morgan fingerprint density at radius 2 is 1.39 bits per heavy atom. The summed E-state index contributed by atoms with van der Waals surface area (Å²) in [7, 11) is 0. The van der Waals surface area contributed by atoms with Crippen LogP contribution in [0, 0.1) is 18.8 Å². The van der Waals surface area contributed by atoms with E-state index in [0.29, 0.717) is 0 Å². The average Bonchev–Trinajstić information content (AvgIpc) is 2.64. The lowest BCUT2D eigenvalue weighted by atomic mass is 9.81. The van der Waals surface area contributed by atoms with Gasteiger partial charge in [0.2, 0.25) is 0 Å². The Morgan fingerprint density at radius 1 is 0.889 bits per heavy atom. The molecule has 2 heteroatoms. The lowest BCUT2D eigenvalue weighted by molar-refractivity contribution is -0.125. The summed E-state index contributed by atoms with van der Waals surface area (Å²) >= 11 is 0. The molecule has 2 nitrogen and oxygen atoms in total. The summed E-state index contributed by atoms with van der Waals surface area (Å²) in [5.74, 6) is -0.101. The zero-order chi connectivity index (χ0) is 12.7. The number of aryl methyl sites for hydroxylation is 1. The summed E-state index contributed by atoms with van der Waals surface area (Å²) in [5.41, 5.74) is 2.05. The number of hydrogen-bond acceptors (Lipinski definition) is 2. The molecule has 18 heavy (non-hydrogen) atoms. The van der Waals surface area contributed by atoms with Crippen LogP contribution >= 0.6 is 0 Å². The number of benzene rings is 1. The molecule has 94 valence electrons. The summed E-state index contributed by atoms with van der Waals surface area (Å²) < 4.78 is 0. The predicted molar refractivity (Wildman–Crippen MR) is 69.4 cm³/mol. The van der Waals surface area contributed by atoms with Crippen molar-refractivity contribution in [2.45, 2.75) is 38.5 Å². The number of ketones is 2. The van der Waals surface area contributed by atoms with E-state index in [1.54, 1.807) is 0 Å². The van der Waals surface area contributed by atoms with Gasteiger partial charge in [0.05, 0.1) is 0 Å². The number of carbonyl (C=O) groups is 2. The highest BCUT2D eigenvalue weighted by molar-refractivity contribution is 6.15. The Bertz CT molecular complexity index is 462. The molecule has 0 bridgehead atoms. The van der Waals surface area contributed by atoms with Crippen LogP contribution in [0.25, 0.3) is 0 Å². The number of Topliss-reactive ketones (excluding diaryl/α,β-unsaturated/α-hetero) is 2. The molecule has 1 aromatic carbocycles. The van der Waals surface area contributed by atoms with Crippen LogP contribution < -0.4 is 0 Å². The quantitative estimate of drug-likeness (QED) is 0.709. The third-order valence-electron chi connectivity index (χ3n) is 4.48. The molecule has 1 aromatic rings. The fraction of sp³-hybridized carbons (Fsp3) is 0.500. The monoisotopic (exact) mass is 242 g/mol. The molecule has 0 radical (unpaired) electrons. The van der Waals surface area contributed by atoms with Gasteiger partial charge < -0.3 is 0 Å². The van der Waals surface area contributed by atoms with Crippen LogP contribution in [-0.2, 0) is 9.59 Å². The topological polar surface area (TPSA) is 34.1 Å². The van der Waals surface area contributed by atoms with Crippen LogP contribution in [0.3, 0.4) is 0 Å². The van der Waals surface area contributed by atoms with E-state index < -0.39 is 5.92 Å². The van der Waals surface area contributed by atoms with Crippen molar-refractivity contribution in [3.8, 4) is 0 Å². The van der Waals surface area contributed by atoms with Crippen molar-refractivity contribution in [3.05, 3.63) is 35.4 Å². The Hall–Kier alpha value is -1.44. The maximum atomic E-state index is 12.4. The fourth-order valence-corrected chi connectivity index (χ4v) is 3.47. The summed E-state index contributed by atoms with van der Waals surface area (Å²) in [6.07, 6.45) is 4.02. The first kappa shape index (κ1) is 11.6. The zero-order valence-corrected chi connectivity index (χ0v) is 10.7. The number of rotatable bonds is 1. The van der Waals surface area contributed by atoms with Gasteiger partial charge in [-0.1, -0.05) is 42.7 Å². The molecular formula is C16H18O2. The molecule has 2 fully saturated rings. The summed E-state index contributed by atoms with van der Waals surface area (Å²) in [4.78, 5) is 24.8. The largest absolute Gasteiger partial charge is 0.298 e. The van der Waals surface area contributed by atoms with E-state index in [4.69, 9.17) is 0 Å². The number of hydrogen-bond donors (Lipinski definition) is 0. The van der Waals surface area contributed by atoms with Crippen molar-refractivity contribution in [1.29, 1.82) is 0 Å². The molecule has 2 saturated carbocycles. The molecule has 3 rings (SSSR count). The predicted octanol–water partition coefficient (Wildman–Crippen LogP) is 3.04. The first-order valence-corrected chi connectivity index (χ1v) is 6.82. The molecule has 0 aromatic heterocycles. The van der Waals surface area contributed by atoms with Gasteiger partial charge >= 0.3 is 0 Å². The Morgan fingerprint density at radius 3 is 1.89 bits per heavy atom. The van der Waals surface area contributed by atoms with Crippen molar-refractivity contribution in [3.63, 3.8) is 0 Å². The molecule has 0 saturated heterocycles. The Balaban J connectivity index is 1.95. The minimum Gasteiger partial charge on any atom is -0.298 e. The van der Waals surface area contributed by atoms with Gasteiger partial charge in [-0.15, -0.1) is 0 Å². The van der Waals surface area contributed by atoms with Gasteiger partial charge in [0.1, 0.15) is 5.92 Å². The maximum Gasteiger partial charge on any atom is 0.151 e. The molecule has 2 aliphatic rings. The second-order valence-electron chi connectivity index (χ2n) is 5.65. The second kappa shape index (κ2) is 4.34. The van der Waals surface area contributed by atoms with Crippen LogP contribution in [0.15, 0.2) is 24.3 Å². The highest BCUT2D eigenvalue weighted by Crippen LogP contribution is 2.44. The van der Waals surface area contributed by atoms with Crippen molar-refractivity contribution >= 4 is 11.6 Å². The lowest BCUT2D eigenvalue weighted by Gasteiger charge is -2.21. The fourth-order valence-electron chi connectivity index (χ4n) is 3.47. The SMILES string of the molecule is Cc1ccc(C2C(=O)C3CCCCC3C2=O)cc1. The molecule has 0 aliphatic heterocycles. The van der Waals surface area contributed by atoms with Crippen molar-refractivity contribution in [1.82, 2.24) is 0 Å². The van der Waals surface area contributed by atoms with Gasteiger partial charge in [-0.05, 0) is 25.3 Å². The van der Waals surface area contributed by atoms with Gasteiger partial charge in [-0.25, -0.2) is 0 Å². The number of fused-ring (bicyclic) bond motifs is 1. The van der Waals surface area contributed by atoms with E-state index in [9.17, 15) is 9.59 Å². The molecule has 2 atom stereocenters. The van der Waals surface area contributed by atoms with Crippen LogP contribution in [0.4, 0.5) is 0 Å². The Kier molecular flexibility index (Phi) is 2.81. The van der Waals surface area contributed by atoms with Gasteiger partial charge in [0.15, 0.2) is 11.6 Å². The van der Waals surface area contributed by atoms with E-state index in [2.05, 4.69) is 0 Å². The molecule has 0 amide bonds. The highest BCUT2D eigenvalue weighted by Gasteiger charge is 2.49. The molecule has 0 spiro atoms. The second-order valence-corrected chi connectivity index (χ2v) is 5.65. The van der Waals surface area contributed by atoms with Gasteiger partial charge in [-0.2, -0.15) is 0 Å². The smallest absolute Gasteiger partial charge is 0.151 e. The summed E-state index contributed by atoms with van der Waals surface area (Å²) in [6.45, 7) is 2.02. The van der Waals surface area contributed by atoms with Gasteiger partial charge in [-0.3, -0.25) is 9.59 Å².